The zero-order valence-electron chi connectivity index (χ0n) is 15.9. The molecule has 0 heterocycles. The van der Waals surface area contributed by atoms with Gasteiger partial charge in [0.05, 0.1) is 0 Å². The van der Waals surface area contributed by atoms with Crippen molar-refractivity contribution in [1.82, 2.24) is 5.32 Å². The van der Waals surface area contributed by atoms with Gasteiger partial charge in [0.25, 0.3) is 5.91 Å². The van der Waals surface area contributed by atoms with Crippen LogP contribution in [0.25, 0.3) is 11.1 Å². The van der Waals surface area contributed by atoms with Crippen molar-refractivity contribution in [3.05, 3.63) is 83.4 Å². The third-order valence-corrected chi connectivity index (χ3v) is 5.37. The minimum absolute atomic E-state index is 0.172. The Morgan fingerprint density at radius 3 is 2.28 bits per heavy atom. The van der Waals surface area contributed by atoms with Gasteiger partial charge in [-0.2, -0.15) is 0 Å². The van der Waals surface area contributed by atoms with Gasteiger partial charge in [0.2, 0.25) is 0 Å². The second kappa shape index (κ2) is 7.09. The fourth-order valence-corrected chi connectivity index (χ4v) is 3.71. The van der Waals surface area contributed by atoms with E-state index in [2.05, 4.69) is 46.3 Å². The zero-order chi connectivity index (χ0) is 19.8. The van der Waals surface area contributed by atoms with Gasteiger partial charge >= 0.3 is 6.03 Å². The molecule has 3 N–H and O–H groups in total. The largest absolute Gasteiger partial charge is 0.335 e. The number of hydrogen-bond acceptors (Lipinski definition) is 2. The number of urea groups is 1. The van der Waals surface area contributed by atoms with E-state index in [1.54, 1.807) is 24.3 Å². The number of nitrogens with one attached hydrogen (secondary N) is 3. The number of amides is 3. The highest BCUT2D eigenvalue weighted by molar-refractivity contribution is 6.05. The molecular weight excluding hydrogens is 362 g/mol. The van der Waals surface area contributed by atoms with E-state index < -0.39 is 0 Å². The third kappa shape index (κ3) is 3.72. The summed E-state index contributed by atoms with van der Waals surface area (Å²) in [6.45, 7) is 0. The van der Waals surface area contributed by atoms with E-state index in [1.807, 2.05) is 12.1 Å². The Hall–Kier alpha value is -3.60. The molecule has 144 valence electrons. The number of carbonyl (C=O) groups is 2. The minimum atomic E-state index is -0.205. The predicted octanol–water partition coefficient (Wildman–Crippen LogP) is 4.79. The van der Waals surface area contributed by atoms with Gasteiger partial charge in [-0.25, -0.2) is 4.79 Å². The number of carbonyl (C=O) groups excluding carboxylic acids is 2. The van der Waals surface area contributed by atoms with E-state index in [1.165, 1.54) is 22.3 Å². The van der Waals surface area contributed by atoms with Gasteiger partial charge < -0.3 is 16.0 Å². The number of benzene rings is 3. The zero-order valence-corrected chi connectivity index (χ0v) is 15.9. The summed E-state index contributed by atoms with van der Waals surface area (Å²) in [6.07, 6.45) is 2.97. The Morgan fingerprint density at radius 2 is 1.48 bits per heavy atom. The molecule has 5 nitrogen and oxygen atoms in total. The molecule has 3 aromatic rings. The molecule has 1 fully saturated rings. The van der Waals surface area contributed by atoms with Crippen LogP contribution in [0.5, 0.6) is 0 Å². The number of fused-ring (bicyclic) bond motifs is 3. The molecule has 29 heavy (non-hydrogen) atoms. The standard InChI is InChI=1S/C24H21N3O2/c28-23(15-5-7-18(8-6-15)26-24(29)27-19-9-10-19)25-20-11-12-22-17(14-20)13-16-3-1-2-4-21(16)22/h1-8,11-12,14,19H,9-10,13H2,(H,25,28)(H2,26,27,29). The Kier molecular flexibility index (Phi) is 4.28. The summed E-state index contributed by atoms with van der Waals surface area (Å²) in [6, 6.07) is 21.5. The molecule has 5 heteroatoms. The van der Waals surface area contributed by atoms with Crippen molar-refractivity contribution in [2.24, 2.45) is 0 Å². The Bertz CT molecular complexity index is 1100. The van der Waals surface area contributed by atoms with Crippen LogP contribution in [0.1, 0.15) is 34.3 Å². The maximum atomic E-state index is 12.6. The van der Waals surface area contributed by atoms with Gasteiger partial charge in [0.1, 0.15) is 0 Å². The molecule has 1 saturated carbocycles. The summed E-state index contributed by atoms with van der Waals surface area (Å²) in [7, 11) is 0. The van der Waals surface area contributed by atoms with Crippen molar-refractivity contribution in [2.45, 2.75) is 25.3 Å². The lowest BCUT2D eigenvalue weighted by Crippen LogP contribution is -2.30. The fraction of sp³-hybridized carbons (Fsp3) is 0.167. The quantitative estimate of drug-likeness (QED) is 0.474. The van der Waals surface area contributed by atoms with Crippen molar-refractivity contribution in [3.8, 4) is 11.1 Å². The highest BCUT2D eigenvalue weighted by atomic mass is 16.2. The molecule has 2 aliphatic rings. The Balaban J connectivity index is 1.25. The summed E-state index contributed by atoms with van der Waals surface area (Å²) in [4.78, 5) is 24.4. The van der Waals surface area contributed by atoms with Crippen LogP contribution in [-0.2, 0) is 6.42 Å². The average molecular weight is 383 g/mol. The second-order valence-corrected chi connectivity index (χ2v) is 7.61. The Labute approximate surface area is 169 Å². The van der Waals surface area contributed by atoms with E-state index >= 15 is 0 Å². The summed E-state index contributed by atoms with van der Waals surface area (Å²) >= 11 is 0. The average Bonchev–Trinajstić information content (AvgIpc) is 3.45. The van der Waals surface area contributed by atoms with E-state index in [0.29, 0.717) is 17.3 Å². The predicted molar refractivity (Wildman–Crippen MR) is 114 cm³/mol. The molecule has 0 spiro atoms. The summed E-state index contributed by atoms with van der Waals surface area (Å²) < 4.78 is 0. The maximum Gasteiger partial charge on any atom is 0.319 e. The van der Waals surface area contributed by atoms with Crippen LogP contribution in [0.2, 0.25) is 0 Å². The van der Waals surface area contributed by atoms with Gasteiger partial charge in [-0.1, -0.05) is 30.3 Å². The van der Waals surface area contributed by atoms with E-state index in [-0.39, 0.29) is 11.9 Å². The van der Waals surface area contributed by atoms with Crippen molar-refractivity contribution < 1.29 is 9.59 Å². The molecular formula is C24H21N3O2. The number of anilines is 2. The molecule has 0 bridgehead atoms. The molecule has 3 aromatic carbocycles. The molecule has 0 atom stereocenters. The molecule has 0 aromatic heterocycles. The molecule has 0 aliphatic heterocycles. The Morgan fingerprint density at radius 1 is 0.759 bits per heavy atom. The lowest BCUT2D eigenvalue weighted by Gasteiger charge is -2.09. The second-order valence-electron chi connectivity index (χ2n) is 7.61. The molecule has 0 saturated heterocycles. The van der Waals surface area contributed by atoms with Gasteiger partial charge in [-0.15, -0.1) is 0 Å². The van der Waals surface area contributed by atoms with Crippen molar-refractivity contribution in [3.63, 3.8) is 0 Å². The first-order valence-corrected chi connectivity index (χ1v) is 9.86. The number of hydrogen-bond donors (Lipinski definition) is 3. The molecule has 0 radical (unpaired) electrons. The first kappa shape index (κ1) is 17.5. The highest BCUT2D eigenvalue weighted by Gasteiger charge is 2.23. The monoisotopic (exact) mass is 383 g/mol. The van der Waals surface area contributed by atoms with E-state index in [9.17, 15) is 9.59 Å². The van der Waals surface area contributed by atoms with E-state index in [4.69, 9.17) is 0 Å². The van der Waals surface area contributed by atoms with E-state index in [0.717, 1.165) is 24.9 Å². The normalized spacial score (nSPS) is 13.9. The van der Waals surface area contributed by atoms with Crippen molar-refractivity contribution in [1.29, 1.82) is 0 Å². The van der Waals surface area contributed by atoms with Gasteiger partial charge in [0, 0.05) is 23.0 Å². The SMILES string of the molecule is O=C(Nc1ccc(C(=O)Nc2ccc3c(c2)Cc2ccccc2-3)cc1)NC1CC1. The third-order valence-electron chi connectivity index (χ3n) is 5.37. The topological polar surface area (TPSA) is 70.2 Å². The first-order valence-electron chi connectivity index (χ1n) is 9.86. The van der Waals surface area contributed by atoms with Crippen LogP contribution in [0.4, 0.5) is 16.2 Å². The smallest absolute Gasteiger partial charge is 0.319 e. The summed E-state index contributed by atoms with van der Waals surface area (Å²) in [5, 5.41) is 8.63. The highest BCUT2D eigenvalue weighted by Crippen LogP contribution is 2.37. The van der Waals surface area contributed by atoms with Crippen LogP contribution >= 0.6 is 0 Å². The van der Waals surface area contributed by atoms with Crippen LogP contribution < -0.4 is 16.0 Å². The van der Waals surface area contributed by atoms with Crippen LogP contribution in [0.15, 0.2) is 66.7 Å². The van der Waals surface area contributed by atoms with Crippen LogP contribution in [0, 0.1) is 0 Å². The molecule has 0 unspecified atom stereocenters. The lowest BCUT2D eigenvalue weighted by molar-refractivity contribution is 0.102. The molecule has 2 aliphatic carbocycles. The van der Waals surface area contributed by atoms with Gasteiger partial charge in [-0.05, 0) is 77.9 Å². The molecule has 3 amide bonds. The van der Waals surface area contributed by atoms with Gasteiger partial charge in [0.15, 0.2) is 0 Å². The first-order chi connectivity index (χ1) is 14.2. The van der Waals surface area contributed by atoms with Crippen molar-refractivity contribution >= 4 is 23.3 Å². The van der Waals surface area contributed by atoms with Crippen LogP contribution in [0.3, 0.4) is 0 Å². The number of rotatable bonds is 4. The summed E-state index contributed by atoms with van der Waals surface area (Å²) in [5.74, 6) is -0.172. The maximum absolute atomic E-state index is 12.6. The van der Waals surface area contributed by atoms with Crippen LogP contribution in [-0.4, -0.2) is 18.0 Å². The molecule has 5 rings (SSSR count). The van der Waals surface area contributed by atoms with Crippen molar-refractivity contribution in [2.75, 3.05) is 10.6 Å². The minimum Gasteiger partial charge on any atom is -0.335 e. The lowest BCUT2D eigenvalue weighted by atomic mass is 10.1. The van der Waals surface area contributed by atoms with Gasteiger partial charge in [-0.3, -0.25) is 4.79 Å². The fourth-order valence-electron chi connectivity index (χ4n) is 3.71. The summed E-state index contributed by atoms with van der Waals surface area (Å²) in [5.41, 5.74) is 7.04.